The minimum absolute atomic E-state index is 0.0235. The summed E-state index contributed by atoms with van der Waals surface area (Å²) in [5, 5.41) is 7.80. The van der Waals surface area contributed by atoms with Gasteiger partial charge in [0.05, 0.1) is 11.4 Å². The molecule has 2 N–H and O–H groups in total. The van der Waals surface area contributed by atoms with Crippen molar-refractivity contribution in [2.45, 2.75) is 18.9 Å². The Balaban J connectivity index is 1.58. The molecule has 8 heteroatoms. The molecule has 1 atom stereocenters. The topological polar surface area (TPSA) is 89.9 Å². The van der Waals surface area contributed by atoms with Crippen LogP contribution < -0.4 is 5.73 Å². The average Bonchev–Trinajstić information content (AvgIpc) is 3.45. The molecule has 31 heavy (non-hydrogen) atoms. The fourth-order valence-electron chi connectivity index (χ4n) is 4.15. The maximum atomic E-state index is 12.2. The first-order valence-electron chi connectivity index (χ1n) is 10.2. The Bertz CT molecular complexity index is 1260. The van der Waals surface area contributed by atoms with E-state index in [9.17, 15) is 4.79 Å². The second-order valence-electron chi connectivity index (χ2n) is 7.60. The van der Waals surface area contributed by atoms with Crippen molar-refractivity contribution in [3.8, 4) is 21.7 Å². The van der Waals surface area contributed by atoms with E-state index < -0.39 is 0 Å². The van der Waals surface area contributed by atoms with Crippen LogP contribution in [-0.4, -0.2) is 43.6 Å². The SMILES string of the molecule is C=CC(=O)N1CCCC(n2nc(-c3csc(-c4ccccc4)c3)c3c(N)ncnc32)C1. The molecule has 0 bridgehead atoms. The number of nitrogens with two attached hydrogens (primary N) is 1. The lowest BCUT2D eigenvalue weighted by molar-refractivity contribution is -0.127. The van der Waals surface area contributed by atoms with Gasteiger partial charge in [-0.2, -0.15) is 5.10 Å². The highest BCUT2D eigenvalue weighted by Crippen LogP contribution is 2.38. The number of piperidine rings is 1. The lowest BCUT2D eigenvalue weighted by Crippen LogP contribution is -2.40. The van der Waals surface area contributed by atoms with Gasteiger partial charge in [-0.15, -0.1) is 11.3 Å². The number of carbonyl (C=O) groups excluding carboxylic acids is 1. The summed E-state index contributed by atoms with van der Waals surface area (Å²) in [4.78, 5) is 23.9. The highest BCUT2D eigenvalue weighted by Gasteiger charge is 2.28. The molecule has 1 saturated heterocycles. The summed E-state index contributed by atoms with van der Waals surface area (Å²) >= 11 is 1.67. The standard InChI is InChI=1S/C23H22N6OS/c1-2-19(30)28-10-6-9-17(12-28)29-23-20(22(24)25-14-26-23)21(27-29)16-11-18(31-13-16)15-7-4-3-5-8-15/h2-5,7-8,11,13-14,17H,1,6,9-10,12H2,(H2,24,25,26). The van der Waals surface area contributed by atoms with Crippen molar-refractivity contribution in [1.29, 1.82) is 0 Å². The van der Waals surface area contributed by atoms with E-state index in [0.717, 1.165) is 46.5 Å². The lowest BCUT2D eigenvalue weighted by atomic mass is 10.1. The van der Waals surface area contributed by atoms with Crippen LogP contribution in [0.1, 0.15) is 18.9 Å². The smallest absolute Gasteiger partial charge is 0.246 e. The number of anilines is 1. The van der Waals surface area contributed by atoms with Gasteiger partial charge in [0.1, 0.15) is 17.8 Å². The largest absolute Gasteiger partial charge is 0.383 e. The number of aromatic nitrogens is 4. The van der Waals surface area contributed by atoms with Crippen molar-refractivity contribution in [2.75, 3.05) is 18.8 Å². The number of nitrogens with zero attached hydrogens (tertiary/aromatic N) is 5. The van der Waals surface area contributed by atoms with Gasteiger partial charge in [-0.05, 0) is 30.5 Å². The van der Waals surface area contributed by atoms with E-state index >= 15 is 0 Å². The Labute approximate surface area is 183 Å². The Morgan fingerprint density at radius 3 is 2.87 bits per heavy atom. The summed E-state index contributed by atoms with van der Waals surface area (Å²) in [6.45, 7) is 4.92. The monoisotopic (exact) mass is 430 g/mol. The van der Waals surface area contributed by atoms with E-state index in [1.165, 1.54) is 12.4 Å². The highest BCUT2D eigenvalue weighted by atomic mass is 32.1. The van der Waals surface area contributed by atoms with E-state index in [-0.39, 0.29) is 11.9 Å². The van der Waals surface area contributed by atoms with Gasteiger partial charge in [0.2, 0.25) is 5.91 Å². The number of nitrogen functional groups attached to an aromatic ring is 1. The normalized spacial score (nSPS) is 16.5. The molecule has 3 aromatic heterocycles. The first-order chi connectivity index (χ1) is 15.2. The molecule has 1 aromatic carbocycles. The Kier molecular flexibility index (Phi) is 4.99. The Hall–Kier alpha value is -3.52. The number of benzene rings is 1. The predicted octanol–water partition coefficient (Wildman–Crippen LogP) is 4.15. The van der Waals surface area contributed by atoms with Crippen LogP contribution in [0.15, 0.2) is 60.8 Å². The van der Waals surface area contributed by atoms with E-state index in [4.69, 9.17) is 10.8 Å². The van der Waals surface area contributed by atoms with Crippen LogP contribution >= 0.6 is 11.3 Å². The van der Waals surface area contributed by atoms with E-state index in [2.05, 4.69) is 40.1 Å². The summed E-state index contributed by atoms with van der Waals surface area (Å²) in [6.07, 6.45) is 4.65. The summed E-state index contributed by atoms with van der Waals surface area (Å²) in [6, 6.07) is 12.4. The predicted molar refractivity (Wildman–Crippen MR) is 124 cm³/mol. The number of likely N-dealkylation sites (tertiary alicyclic amines) is 1. The maximum absolute atomic E-state index is 12.2. The molecule has 1 aliphatic heterocycles. The van der Waals surface area contributed by atoms with Crippen molar-refractivity contribution < 1.29 is 4.79 Å². The van der Waals surface area contributed by atoms with Gasteiger partial charge in [0, 0.05) is 28.9 Å². The van der Waals surface area contributed by atoms with Gasteiger partial charge in [0.25, 0.3) is 0 Å². The number of hydrogen-bond acceptors (Lipinski definition) is 6. The second-order valence-corrected chi connectivity index (χ2v) is 8.51. The molecule has 5 rings (SSSR count). The van der Waals surface area contributed by atoms with E-state index in [1.807, 2.05) is 27.8 Å². The molecule has 156 valence electrons. The quantitative estimate of drug-likeness (QED) is 0.491. The number of hydrogen-bond donors (Lipinski definition) is 1. The van der Waals surface area contributed by atoms with Crippen LogP contribution in [0, 0.1) is 0 Å². The number of carbonyl (C=O) groups is 1. The van der Waals surface area contributed by atoms with Crippen molar-refractivity contribution in [1.82, 2.24) is 24.6 Å². The van der Waals surface area contributed by atoms with Crippen molar-refractivity contribution in [3.63, 3.8) is 0 Å². The average molecular weight is 431 g/mol. The summed E-state index contributed by atoms with van der Waals surface area (Å²) in [5.41, 5.74) is 9.91. The molecule has 0 saturated carbocycles. The molecular formula is C23H22N6OS. The minimum atomic E-state index is -0.0548. The highest BCUT2D eigenvalue weighted by molar-refractivity contribution is 7.14. The van der Waals surface area contributed by atoms with Crippen molar-refractivity contribution in [2.24, 2.45) is 0 Å². The van der Waals surface area contributed by atoms with Gasteiger partial charge in [-0.1, -0.05) is 36.9 Å². The van der Waals surface area contributed by atoms with Crippen molar-refractivity contribution in [3.05, 3.63) is 60.8 Å². The molecule has 1 unspecified atom stereocenters. The van der Waals surface area contributed by atoms with Gasteiger partial charge < -0.3 is 10.6 Å². The van der Waals surface area contributed by atoms with Crippen LogP contribution in [0.25, 0.3) is 32.7 Å². The number of fused-ring (bicyclic) bond motifs is 1. The summed E-state index contributed by atoms with van der Waals surface area (Å²) in [5.74, 6) is 0.356. The molecular weight excluding hydrogens is 408 g/mol. The molecule has 1 amide bonds. The lowest BCUT2D eigenvalue weighted by Gasteiger charge is -2.32. The van der Waals surface area contributed by atoms with Gasteiger partial charge in [0.15, 0.2) is 5.65 Å². The zero-order valence-electron chi connectivity index (χ0n) is 16.9. The zero-order valence-corrected chi connectivity index (χ0v) is 17.8. The van der Waals surface area contributed by atoms with E-state index in [1.54, 1.807) is 11.3 Å². The molecule has 1 aliphatic rings. The summed E-state index contributed by atoms with van der Waals surface area (Å²) < 4.78 is 1.92. The molecule has 7 nitrogen and oxygen atoms in total. The third kappa shape index (κ3) is 3.48. The van der Waals surface area contributed by atoms with Gasteiger partial charge in [-0.3, -0.25) is 4.79 Å². The van der Waals surface area contributed by atoms with Crippen LogP contribution in [0.5, 0.6) is 0 Å². The molecule has 1 fully saturated rings. The molecule has 0 aliphatic carbocycles. The zero-order chi connectivity index (χ0) is 21.4. The first-order valence-corrected chi connectivity index (χ1v) is 11.1. The third-order valence-corrected chi connectivity index (χ3v) is 6.66. The minimum Gasteiger partial charge on any atom is -0.383 e. The number of amides is 1. The van der Waals surface area contributed by atoms with Crippen LogP contribution in [-0.2, 0) is 4.79 Å². The van der Waals surface area contributed by atoms with Crippen molar-refractivity contribution >= 4 is 34.1 Å². The Morgan fingerprint density at radius 2 is 2.06 bits per heavy atom. The summed E-state index contributed by atoms with van der Waals surface area (Å²) in [7, 11) is 0. The van der Waals surface area contributed by atoms with Crippen LogP contribution in [0.4, 0.5) is 5.82 Å². The van der Waals surface area contributed by atoms with Crippen LogP contribution in [0.2, 0.25) is 0 Å². The van der Waals surface area contributed by atoms with Gasteiger partial charge >= 0.3 is 0 Å². The maximum Gasteiger partial charge on any atom is 0.246 e. The molecule has 4 aromatic rings. The molecule has 0 radical (unpaired) electrons. The fourth-order valence-corrected chi connectivity index (χ4v) is 5.05. The van der Waals surface area contributed by atoms with E-state index in [0.29, 0.717) is 18.0 Å². The Morgan fingerprint density at radius 1 is 1.23 bits per heavy atom. The second kappa shape index (κ2) is 7.96. The van der Waals surface area contributed by atoms with Gasteiger partial charge in [-0.25, -0.2) is 14.6 Å². The number of thiophene rings is 1. The molecule has 0 spiro atoms. The number of rotatable bonds is 4. The molecule has 4 heterocycles. The fraction of sp³-hybridized carbons (Fsp3) is 0.217. The van der Waals surface area contributed by atoms with Crippen LogP contribution in [0.3, 0.4) is 0 Å². The first kappa shape index (κ1) is 19.4. The third-order valence-electron chi connectivity index (χ3n) is 5.68.